The molecule has 2 aromatic rings. The zero-order chi connectivity index (χ0) is 12.7. The highest BCUT2D eigenvalue weighted by Crippen LogP contribution is 2.36. The highest BCUT2D eigenvalue weighted by Gasteiger charge is 2.27. The summed E-state index contributed by atoms with van der Waals surface area (Å²) in [5, 5.41) is 0.758. The lowest BCUT2D eigenvalue weighted by Crippen LogP contribution is -2.09. The summed E-state index contributed by atoms with van der Waals surface area (Å²) in [5.41, 5.74) is 1.84. The van der Waals surface area contributed by atoms with Crippen molar-refractivity contribution in [3.63, 3.8) is 0 Å². The van der Waals surface area contributed by atoms with Gasteiger partial charge in [0.05, 0.1) is 0 Å². The minimum atomic E-state index is -0.210. The Hall–Kier alpha value is -1.32. The molecule has 1 aromatic carbocycles. The van der Waals surface area contributed by atoms with E-state index in [1.165, 1.54) is 0 Å². The number of hydrogen-bond donors (Lipinski definition) is 0. The molecule has 0 aliphatic carbocycles. The molecule has 0 radical (unpaired) electrons. The van der Waals surface area contributed by atoms with Crippen molar-refractivity contribution < 1.29 is 4.74 Å². The topological polar surface area (TPSA) is 35.0 Å². The van der Waals surface area contributed by atoms with Crippen LogP contribution in [0.3, 0.4) is 0 Å². The van der Waals surface area contributed by atoms with Crippen LogP contribution in [0.15, 0.2) is 24.3 Å². The predicted molar refractivity (Wildman–Crippen MR) is 70.3 cm³/mol. The van der Waals surface area contributed by atoms with Crippen LogP contribution in [0.2, 0.25) is 10.3 Å². The number of aromatic nitrogens is 2. The van der Waals surface area contributed by atoms with Crippen molar-refractivity contribution in [2.75, 3.05) is 0 Å². The molecule has 0 amide bonds. The molecule has 1 atom stereocenters. The molecule has 92 valence electrons. The second-order valence-corrected chi connectivity index (χ2v) is 4.92. The molecule has 5 heteroatoms. The van der Waals surface area contributed by atoms with Gasteiger partial charge in [-0.15, -0.1) is 0 Å². The van der Waals surface area contributed by atoms with Gasteiger partial charge >= 0.3 is 0 Å². The highest BCUT2D eigenvalue weighted by molar-refractivity contribution is 6.34. The van der Waals surface area contributed by atoms with Crippen molar-refractivity contribution in [1.29, 1.82) is 0 Å². The lowest BCUT2D eigenvalue weighted by atomic mass is 10.1. The molecule has 0 saturated carbocycles. The van der Waals surface area contributed by atoms with Crippen molar-refractivity contribution in [1.82, 2.24) is 9.97 Å². The van der Waals surface area contributed by atoms with Crippen molar-refractivity contribution >= 4 is 23.2 Å². The summed E-state index contributed by atoms with van der Waals surface area (Å²) in [6.45, 7) is 1.79. The fraction of sp³-hybridized carbons (Fsp3) is 0.231. The zero-order valence-corrected chi connectivity index (χ0v) is 11.2. The minimum Gasteiger partial charge on any atom is -0.482 e. The molecular formula is C13H10Cl2N2O. The van der Waals surface area contributed by atoms with Crippen LogP contribution in [-0.2, 0) is 6.42 Å². The summed E-state index contributed by atoms with van der Waals surface area (Å²) in [6, 6.07) is 7.90. The summed E-state index contributed by atoms with van der Waals surface area (Å²) in [5.74, 6) is 1.41. The third-order valence-electron chi connectivity index (χ3n) is 2.98. The fourth-order valence-corrected chi connectivity index (χ4v) is 2.35. The first-order chi connectivity index (χ1) is 8.65. The molecule has 3 rings (SSSR count). The Kier molecular flexibility index (Phi) is 2.88. The van der Waals surface area contributed by atoms with Crippen molar-refractivity contribution in [3.8, 4) is 5.75 Å². The molecule has 0 spiro atoms. The molecule has 1 aliphatic rings. The van der Waals surface area contributed by atoms with Gasteiger partial charge in [-0.3, -0.25) is 0 Å². The maximum absolute atomic E-state index is 6.02. The first-order valence-corrected chi connectivity index (χ1v) is 6.35. The Morgan fingerprint density at radius 1 is 1.17 bits per heavy atom. The third kappa shape index (κ3) is 1.93. The zero-order valence-electron chi connectivity index (χ0n) is 9.65. The summed E-state index contributed by atoms with van der Waals surface area (Å²) in [6.07, 6.45) is 0.532. The van der Waals surface area contributed by atoms with E-state index in [4.69, 9.17) is 27.9 Å². The summed E-state index contributed by atoms with van der Waals surface area (Å²) >= 11 is 12.0. The van der Waals surface area contributed by atoms with Crippen LogP contribution in [0.5, 0.6) is 5.75 Å². The summed E-state index contributed by atoms with van der Waals surface area (Å²) in [7, 11) is 0. The molecule has 2 heterocycles. The number of nitrogens with zero attached hydrogens (tertiary/aromatic N) is 2. The van der Waals surface area contributed by atoms with Gasteiger partial charge in [0.15, 0.2) is 11.9 Å². The van der Waals surface area contributed by atoms with Crippen LogP contribution in [0, 0.1) is 6.92 Å². The number of hydrogen-bond acceptors (Lipinski definition) is 3. The standard InChI is InChI=1S/C13H10Cl2N2O/c1-7-11(14)16-13(17-12(7)15)10-6-8-4-2-3-5-9(8)18-10/h2-5,10H,6H2,1H3. The molecule has 0 N–H and O–H groups in total. The highest BCUT2D eigenvalue weighted by atomic mass is 35.5. The van der Waals surface area contributed by atoms with E-state index in [1.54, 1.807) is 6.92 Å². The van der Waals surface area contributed by atoms with Gasteiger partial charge in [-0.05, 0) is 18.6 Å². The first kappa shape index (κ1) is 11.8. The van der Waals surface area contributed by atoms with E-state index in [9.17, 15) is 0 Å². The summed E-state index contributed by atoms with van der Waals surface area (Å²) < 4.78 is 5.80. The molecule has 18 heavy (non-hydrogen) atoms. The molecule has 3 nitrogen and oxygen atoms in total. The fourth-order valence-electron chi connectivity index (χ4n) is 1.95. The van der Waals surface area contributed by atoms with Gasteiger partial charge in [-0.1, -0.05) is 41.4 Å². The smallest absolute Gasteiger partial charge is 0.172 e. The molecule has 1 aliphatic heterocycles. The van der Waals surface area contributed by atoms with Gasteiger partial charge in [-0.2, -0.15) is 0 Å². The van der Waals surface area contributed by atoms with Crippen molar-refractivity contribution in [2.24, 2.45) is 0 Å². The van der Waals surface area contributed by atoms with Crippen LogP contribution >= 0.6 is 23.2 Å². The van der Waals surface area contributed by atoms with Crippen LogP contribution in [0.25, 0.3) is 0 Å². The van der Waals surface area contributed by atoms with Gasteiger partial charge in [0.2, 0.25) is 0 Å². The Bertz CT molecular complexity index is 568. The molecule has 1 unspecified atom stereocenters. The van der Waals surface area contributed by atoms with Crippen LogP contribution in [-0.4, -0.2) is 9.97 Å². The SMILES string of the molecule is Cc1c(Cl)nc(C2Cc3ccccc3O2)nc1Cl. The monoisotopic (exact) mass is 280 g/mol. The lowest BCUT2D eigenvalue weighted by Gasteiger charge is -2.10. The average molecular weight is 281 g/mol. The van der Waals surface area contributed by atoms with Gasteiger partial charge in [0.1, 0.15) is 16.1 Å². The van der Waals surface area contributed by atoms with Gasteiger partial charge in [0, 0.05) is 12.0 Å². The number of ether oxygens (including phenoxy) is 1. The molecular weight excluding hydrogens is 271 g/mol. The molecule has 0 fully saturated rings. The van der Waals surface area contributed by atoms with Gasteiger partial charge < -0.3 is 4.74 Å². The Morgan fingerprint density at radius 2 is 1.83 bits per heavy atom. The largest absolute Gasteiger partial charge is 0.482 e. The number of para-hydroxylation sites is 1. The Balaban J connectivity index is 1.95. The van der Waals surface area contributed by atoms with Crippen LogP contribution in [0.4, 0.5) is 0 Å². The first-order valence-electron chi connectivity index (χ1n) is 5.59. The number of rotatable bonds is 1. The number of benzene rings is 1. The second-order valence-electron chi connectivity index (χ2n) is 4.21. The maximum Gasteiger partial charge on any atom is 0.172 e. The van der Waals surface area contributed by atoms with E-state index in [0.717, 1.165) is 17.7 Å². The number of fused-ring (bicyclic) bond motifs is 1. The van der Waals surface area contributed by atoms with E-state index in [2.05, 4.69) is 9.97 Å². The van der Waals surface area contributed by atoms with E-state index in [0.29, 0.717) is 21.7 Å². The molecule has 1 aromatic heterocycles. The lowest BCUT2D eigenvalue weighted by molar-refractivity contribution is 0.227. The quantitative estimate of drug-likeness (QED) is 0.746. The van der Waals surface area contributed by atoms with Crippen LogP contribution < -0.4 is 4.74 Å². The van der Waals surface area contributed by atoms with E-state index in [-0.39, 0.29) is 6.10 Å². The third-order valence-corrected chi connectivity index (χ3v) is 3.72. The van der Waals surface area contributed by atoms with Crippen molar-refractivity contribution in [2.45, 2.75) is 19.4 Å². The van der Waals surface area contributed by atoms with E-state index < -0.39 is 0 Å². The maximum atomic E-state index is 6.02. The minimum absolute atomic E-state index is 0.210. The average Bonchev–Trinajstić information content (AvgIpc) is 2.79. The predicted octanol–water partition coefficient (Wildman–Crippen LogP) is 3.77. The molecule has 0 bridgehead atoms. The summed E-state index contributed by atoms with van der Waals surface area (Å²) in [4.78, 5) is 8.49. The Morgan fingerprint density at radius 3 is 2.50 bits per heavy atom. The van der Waals surface area contributed by atoms with E-state index >= 15 is 0 Å². The number of halogens is 2. The van der Waals surface area contributed by atoms with Crippen LogP contribution in [0.1, 0.15) is 23.1 Å². The Labute approximate surface area is 115 Å². The molecule has 0 saturated heterocycles. The van der Waals surface area contributed by atoms with Gasteiger partial charge in [0.25, 0.3) is 0 Å². The van der Waals surface area contributed by atoms with Gasteiger partial charge in [-0.25, -0.2) is 9.97 Å². The normalized spacial score (nSPS) is 17.4. The van der Waals surface area contributed by atoms with Crippen molar-refractivity contribution in [3.05, 3.63) is 51.5 Å². The van der Waals surface area contributed by atoms with E-state index in [1.807, 2.05) is 24.3 Å². The second kappa shape index (κ2) is 4.41.